The maximum absolute atomic E-state index is 6.15. The van der Waals surface area contributed by atoms with Crippen molar-refractivity contribution in [3.63, 3.8) is 0 Å². The molecule has 0 bridgehead atoms. The Balaban J connectivity index is 2.04. The molecular weight excluding hydrogens is 214 g/mol. The molecule has 2 unspecified atom stereocenters. The Morgan fingerprint density at radius 3 is 2.71 bits per heavy atom. The van der Waals surface area contributed by atoms with Crippen LogP contribution in [-0.2, 0) is 4.74 Å². The fourth-order valence-corrected chi connectivity index (χ4v) is 2.52. The fourth-order valence-electron chi connectivity index (χ4n) is 2.52. The molecule has 0 aromatic carbocycles. The maximum Gasteiger partial charge on any atom is 0.106 e. The monoisotopic (exact) mass is 237 g/mol. The Hall–Kier alpha value is -0.800. The van der Waals surface area contributed by atoms with Crippen LogP contribution in [0, 0.1) is 19.8 Å². The summed E-state index contributed by atoms with van der Waals surface area (Å²) in [6, 6.07) is 2.10. The number of furan rings is 1. The molecule has 0 saturated carbocycles. The van der Waals surface area contributed by atoms with Gasteiger partial charge in [0.25, 0.3) is 0 Å². The Kier molecular flexibility index (Phi) is 3.89. The van der Waals surface area contributed by atoms with Crippen LogP contribution in [0.2, 0.25) is 0 Å². The van der Waals surface area contributed by atoms with Gasteiger partial charge in [0, 0.05) is 18.7 Å². The lowest BCUT2D eigenvalue weighted by molar-refractivity contribution is -0.0479. The van der Waals surface area contributed by atoms with Crippen LogP contribution in [0.25, 0.3) is 0 Å². The van der Waals surface area contributed by atoms with E-state index in [1.165, 1.54) is 5.56 Å². The van der Waals surface area contributed by atoms with Gasteiger partial charge in [0.15, 0.2) is 0 Å². The third-order valence-corrected chi connectivity index (χ3v) is 3.22. The van der Waals surface area contributed by atoms with E-state index in [4.69, 9.17) is 9.15 Å². The van der Waals surface area contributed by atoms with E-state index in [0.717, 1.165) is 31.0 Å². The summed E-state index contributed by atoms with van der Waals surface area (Å²) in [5.74, 6) is 2.62. The van der Waals surface area contributed by atoms with Crippen LogP contribution in [0.15, 0.2) is 10.5 Å². The Bertz CT molecular complexity index is 370. The van der Waals surface area contributed by atoms with E-state index in [1.54, 1.807) is 0 Å². The smallest absolute Gasteiger partial charge is 0.106 e. The zero-order valence-corrected chi connectivity index (χ0v) is 11.2. The molecule has 2 atom stereocenters. The second-order valence-electron chi connectivity index (χ2n) is 5.40. The van der Waals surface area contributed by atoms with E-state index < -0.39 is 0 Å². The normalized spacial score (nSPS) is 25.5. The topological polar surface area (TPSA) is 34.4 Å². The highest BCUT2D eigenvalue weighted by Gasteiger charge is 2.26. The first-order chi connectivity index (χ1) is 8.06. The average molecular weight is 237 g/mol. The highest BCUT2D eigenvalue weighted by Crippen LogP contribution is 2.28. The summed E-state index contributed by atoms with van der Waals surface area (Å²) in [5, 5.41) is 3.46. The summed E-state index contributed by atoms with van der Waals surface area (Å²) in [6.45, 7) is 10.3. The minimum absolute atomic E-state index is 0.143. The summed E-state index contributed by atoms with van der Waals surface area (Å²) in [5.41, 5.74) is 1.20. The van der Waals surface area contributed by atoms with Gasteiger partial charge >= 0.3 is 0 Å². The van der Waals surface area contributed by atoms with Crippen molar-refractivity contribution in [3.8, 4) is 0 Å². The van der Waals surface area contributed by atoms with Gasteiger partial charge in [-0.1, -0.05) is 13.8 Å². The zero-order chi connectivity index (χ0) is 12.4. The first kappa shape index (κ1) is 12.7. The minimum Gasteiger partial charge on any atom is -0.466 e. The number of nitrogens with one attached hydrogen (secondary N) is 1. The molecule has 1 fully saturated rings. The van der Waals surface area contributed by atoms with Gasteiger partial charge in [0.1, 0.15) is 11.5 Å². The minimum atomic E-state index is 0.143. The number of hydrogen-bond acceptors (Lipinski definition) is 3. The third-order valence-electron chi connectivity index (χ3n) is 3.22. The Labute approximate surface area is 104 Å². The first-order valence-electron chi connectivity index (χ1n) is 6.49. The molecule has 1 saturated heterocycles. The summed E-state index contributed by atoms with van der Waals surface area (Å²) < 4.78 is 11.7. The van der Waals surface area contributed by atoms with Gasteiger partial charge in [-0.15, -0.1) is 0 Å². The Morgan fingerprint density at radius 1 is 1.35 bits per heavy atom. The molecule has 1 aromatic heterocycles. The lowest BCUT2D eigenvalue weighted by Crippen LogP contribution is -2.41. The van der Waals surface area contributed by atoms with Crippen molar-refractivity contribution >= 4 is 0 Å². The molecule has 17 heavy (non-hydrogen) atoms. The Morgan fingerprint density at radius 2 is 2.12 bits per heavy atom. The third kappa shape index (κ3) is 3.11. The van der Waals surface area contributed by atoms with E-state index in [1.807, 2.05) is 13.8 Å². The molecule has 3 nitrogen and oxygen atoms in total. The van der Waals surface area contributed by atoms with E-state index in [2.05, 4.69) is 25.2 Å². The number of morpholine rings is 1. The van der Waals surface area contributed by atoms with E-state index in [0.29, 0.717) is 12.0 Å². The van der Waals surface area contributed by atoms with Gasteiger partial charge in [0.05, 0.1) is 12.2 Å². The molecule has 2 rings (SSSR count). The largest absolute Gasteiger partial charge is 0.466 e. The summed E-state index contributed by atoms with van der Waals surface area (Å²) in [7, 11) is 0. The highest BCUT2D eigenvalue weighted by atomic mass is 16.5. The van der Waals surface area contributed by atoms with Crippen molar-refractivity contribution in [2.45, 2.75) is 46.3 Å². The molecule has 1 N–H and O–H groups in total. The van der Waals surface area contributed by atoms with Crippen molar-refractivity contribution in [2.75, 3.05) is 13.1 Å². The summed E-state index contributed by atoms with van der Waals surface area (Å²) in [6.07, 6.45) is 1.58. The van der Waals surface area contributed by atoms with Crippen molar-refractivity contribution < 1.29 is 9.15 Å². The second-order valence-corrected chi connectivity index (χ2v) is 5.40. The van der Waals surface area contributed by atoms with E-state index >= 15 is 0 Å². The van der Waals surface area contributed by atoms with Crippen LogP contribution in [-0.4, -0.2) is 19.2 Å². The van der Waals surface area contributed by atoms with Gasteiger partial charge in [-0.2, -0.15) is 0 Å². The van der Waals surface area contributed by atoms with Gasteiger partial charge in [-0.3, -0.25) is 0 Å². The highest BCUT2D eigenvalue weighted by molar-refractivity contribution is 5.23. The van der Waals surface area contributed by atoms with Crippen LogP contribution < -0.4 is 5.32 Å². The molecule has 0 spiro atoms. The SMILES string of the molecule is Cc1cc(C2CNCC(CC(C)C)O2)c(C)o1. The predicted octanol–water partition coefficient (Wildman–Crippen LogP) is 2.97. The van der Waals surface area contributed by atoms with Gasteiger partial charge < -0.3 is 14.5 Å². The average Bonchev–Trinajstić information content (AvgIpc) is 2.57. The number of rotatable bonds is 3. The van der Waals surface area contributed by atoms with Gasteiger partial charge in [-0.25, -0.2) is 0 Å². The van der Waals surface area contributed by atoms with Crippen molar-refractivity contribution in [2.24, 2.45) is 5.92 Å². The van der Waals surface area contributed by atoms with Crippen LogP contribution in [0.4, 0.5) is 0 Å². The number of aryl methyl sites for hydroxylation is 2. The van der Waals surface area contributed by atoms with Crippen LogP contribution in [0.3, 0.4) is 0 Å². The summed E-state index contributed by atoms with van der Waals surface area (Å²) >= 11 is 0. The fraction of sp³-hybridized carbons (Fsp3) is 0.714. The molecule has 1 aliphatic heterocycles. The summed E-state index contributed by atoms with van der Waals surface area (Å²) in [4.78, 5) is 0. The van der Waals surface area contributed by atoms with Crippen LogP contribution in [0.1, 0.15) is 43.5 Å². The molecule has 96 valence electrons. The van der Waals surface area contributed by atoms with Gasteiger partial charge in [0.2, 0.25) is 0 Å². The zero-order valence-electron chi connectivity index (χ0n) is 11.2. The lowest BCUT2D eigenvalue weighted by Gasteiger charge is -2.31. The maximum atomic E-state index is 6.15. The van der Waals surface area contributed by atoms with Crippen LogP contribution in [0.5, 0.6) is 0 Å². The predicted molar refractivity (Wildman–Crippen MR) is 68.1 cm³/mol. The molecule has 0 radical (unpaired) electrons. The molecule has 1 aliphatic rings. The van der Waals surface area contributed by atoms with Gasteiger partial charge in [-0.05, 0) is 32.3 Å². The number of hydrogen-bond donors (Lipinski definition) is 1. The van der Waals surface area contributed by atoms with Crippen LogP contribution >= 0.6 is 0 Å². The first-order valence-corrected chi connectivity index (χ1v) is 6.49. The van der Waals surface area contributed by atoms with E-state index in [9.17, 15) is 0 Å². The van der Waals surface area contributed by atoms with Crippen molar-refractivity contribution in [3.05, 3.63) is 23.2 Å². The van der Waals surface area contributed by atoms with Crippen molar-refractivity contribution in [1.82, 2.24) is 5.32 Å². The molecule has 3 heteroatoms. The molecular formula is C14H23NO2. The molecule has 1 aromatic rings. The van der Waals surface area contributed by atoms with E-state index in [-0.39, 0.29) is 6.10 Å². The standard InChI is InChI=1S/C14H23NO2/c1-9(2)5-12-7-15-8-14(17-12)13-6-10(3)16-11(13)4/h6,9,12,14-15H,5,7-8H2,1-4H3. The molecule has 0 amide bonds. The quantitative estimate of drug-likeness (QED) is 0.877. The second kappa shape index (κ2) is 5.23. The number of ether oxygens (including phenoxy) is 1. The molecule has 2 heterocycles. The molecule has 0 aliphatic carbocycles. The van der Waals surface area contributed by atoms with Crippen molar-refractivity contribution in [1.29, 1.82) is 0 Å². The lowest BCUT2D eigenvalue weighted by atomic mass is 10.0.